The standard InChI is InChI=1S/C16H24N2O5/c1-12(10-17-16(21)18(2)9-8-15(19)20)11-23-14-7-5-4-6-13(14)22-3/h4-7,12H,8-11H2,1-3H3,(H,17,21)(H,19,20). The van der Waals surface area contributed by atoms with E-state index in [-0.39, 0.29) is 24.9 Å². The minimum Gasteiger partial charge on any atom is -0.493 e. The van der Waals surface area contributed by atoms with Crippen molar-refractivity contribution < 1.29 is 24.2 Å². The maximum atomic E-state index is 11.8. The van der Waals surface area contributed by atoms with Crippen molar-refractivity contribution in [1.82, 2.24) is 10.2 Å². The lowest BCUT2D eigenvalue weighted by Gasteiger charge is -2.19. The number of aliphatic carboxylic acids is 1. The van der Waals surface area contributed by atoms with E-state index < -0.39 is 5.97 Å². The molecule has 0 fully saturated rings. The summed E-state index contributed by atoms with van der Waals surface area (Å²) >= 11 is 0. The van der Waals surface area contributed by atoms with Gasteiger partial charge < -0.3 is 24.8 Å². The molecular formula is C16H24N2O5. The molecular weight excluding hydrogens is 300 g/mol. The molecule has 0 aliphatic heterocycles. The number of benzene rings is 1. The lowest BCUT2D eigenvalue weighted by Crippen LogP contribution is -2.40. The van der Waals surface area contributed by atoms with Gasteiger partial charge in [0.05, 0.1) is 20.1 Å². The number of nitrogens with zero attached hydrogens (tertiary/aromatic N) is 1. The van der Waals surface area contributed by atoms with E-state index in [1.165, 1.54) is 4.90 Å². The summed E-state index contributed by atoms with van der Waals surface area (Å²) in [5.74, 6) is 0.490. The summed E-state index contributed by atoms with van der Waals surface area (Å²) in [4.78, 5) is 23.6. The third kappa shape index (κ3) is 6.90. The first-order valence-corrected chi connectivity index (χ1v) is 7.40. The summed E-state index contributed by atoms with van der Waals surface area (Å²) in [6, 6.07) is 7.07. The SMILES string of the molecule is COc1ccccc1OCC(C)CNC(=O)N(C)CCC(=O)O. The summed E-state index contributed by atoms with van der Waals surface area (Å²) in [6.45, 7) is 2.99. The Bertz CT molecular complexity index is 521. The largest absolute Gasteiger partial charge is 0.493 e. The van der Waals surface area contributed by atoms with Crippen LogP contribution in [-0.2, 0) is 4.79 Å². The van der Waals surface area contributed by atoms with Crippen molar-refractivity contribution in [1.29, 1.82) is 0 Å². The minimum atomic E-state index is -0.928. The Morgan fingerprint density at radius 2 is 1.96 bits per heavy atom. The average Bonchev–Trinajstić information content (AvgIpc) is 2.55. The zero-order valence-electron chi connectivity index (χ0n) is 13.7. The van der Waals surface area contributed by atoms with Gasteiger partial charge in [-0.15, -0.1) is 0 Å². The number of carboxylic acid groups (broad SMARTS) is 1. The molecule has 1 rings (SSSR count). The molecule has 1 aromatic rings. The average molecular weight is 324 g/mol. The van der Waals surface area contributed by atoms with E-state index >= 15 is 0 Å². The maximum absolute atomic E-state index is 11.8. The van der Waals surface area contributed by atoms with E-state index in [2.05, 4.69) is 5.32 Å². The van der Waals surface area contributed by atoms with Crippen LogP contribution in [0.15, 0.2) is 24.3 Å². The predicted octanol–water partition coefficient (Wildman–Crippen LogP) is 1.83. The van der Waals surface area contributed by atoms with Crippen molar-refractivity contribution in [2.75, 3.05) is 33.9 Å². The third-order valence-corrected chi connectivity index (χ3v) is 3.20. The van der Waals surface area contributed by atoms with E-state index in [1.807, 2.05) is 31.2 Å². The summed E-state index contributed by atoms with van der Waals surface area (Å²) in [5.41, 5.74) is 0. The molecule has 0 bridgehead atoms. The molecule has 0 aliphatic carbocycles. The van der Waals surface area contributed by atoms with E-state index in [0.717, 1.165) is 0 Å². The van der Waals surface area contributed by atoms with Gasteiger partial charge in [-0.3, -0.25) is 4.79 Å². The Kier molecular flexibility index (Phi) is 7.73. The van der Waals surface area contributed by atoms with Crippen molar-refractivity contribution in [2.45, 2.75) is 13.3 Å². The highest BCUT2D eigenvalue weighted by molar-refractivity contribution is 5.74. The molecule has 7 heteroatoms. The Morgan fingerprint density at radius 3 is 2.57 bits per heavy atom. The van der Waals surface area contributed by atoms with Gasteiger partial charge in [-0.2, -0.15) is 0 Å². The van der Waals surface area contributed by atoms with Crippen LogP contribution >= 0.6 is 0 Å². The fourth-order valence-corrected chi connectivity index (χ4v) is 1.79. The number of carboxylic acids is 1. The zero-order chi connectivity index (χ0) is 17.2. The Balaban J connectivity index is 2.32. The van der Waals surface area contributed by atoms with Crippen LogP contribution in [0.3, 0.4) is 0 Å². The number of urea groups is 1. The summed E-state index contributed by atoms with van der Waals surface area (Å²) < 4.78 is 10.9. The molecule has 128 valence electrons. The Labute approximate surface area is 136 Å². The summed E-state index contributed by atoms with van der Waals surface area (Å²) in [6.07, 6.45) is -0.0730. The number of nitrogens with one attached hydrogen (secondary N) is 1. The van der Waals surface area contributed by atoms with Gasteiger partial charge in [0.25, 0.3) is 0 Å². The van der Waals surface area contributed by atoms with E-state index in [1.54, 1.807) is 14.2 Å². The van der Waals surface area contributed by atoms with Crippen LogP contribution in [0.1, 0.15) is 13.3 Å². The van der Waals surface area contributed by atoms with Crippen molar-refractivity contribution in [3.63, 3.8) is 0 Å². The number of para-hydroxylation sites is 2. The van der Waals surface area contributed by atoms with Gasteiger partial charge >= 0.3 is 12.0 Å². The van der Waals surface area contributed by atoms with Gasteiger partial charge in [0.15, 0.2) is 11.5 Å². The lowest BCUT2D eigenvalue weighted by atomic mass is 10.2. The van der Waals surface area contributed by atoms with Crippen molar-refractivity contribution in [3.05, 3.63) is 24.3 Å². The van der Waals surface area contributed by atoms with Crippen molar-refractivity contribution >= 4 is 12.0 Å². The number of carbonyl (C=O) groups excluding carboxylic acids is 1. The first-order chi connectivity index (χ1) is 10.9. The molecule has 1 unspecified atom stereocenters. The second kappa shape index (κ2) is 9.55. The van der Waals surface area contributed by atoms with Gasteiger partial charge in [0.1, 0.15) is 0 Å². The molecule has 0 heterocycles. The van der Waals surface area contributed by atoms with Crippen LogP contribution in [0.4, 0.5) is 4.79 Å². The molecule has 2 N–H and O–H groups in total. The Morgan fingerprint density at radius 1 is 1.30 bits per heavy atom. The number of methoxy groups -OCH3 is 1. The molecule has 1 aromatic carbocycles. The lowest BCUT2D eigenvalue weighted by molar-refractivity contribution is -0.137. The molecule has 0 aliphatic rings. The van der Waals surface area contributed by atoms with Gasteiger partial charge in [0, 0.05) is 26.1 Å². The Hall–Kier alpha value is -2.44. The molecule has 0 radical (unpaired) electrons. The van der Waals surface area contributed by atoms with E-state index in [9.17, 15) is 9.59 Å². The van der Waals surface area contributed by atoms with Crippen molar-refractivity contribution in [2.24, 2.45) is 5.92 Å². The fraction of sp³-hybridized carbons (Fsp3) is 0.500. The third-order valence-electron chi connectivity index (χ3n) is 3.20. The van der Waals surface area contributed by atoms with Gasteiger partial charge in [0.2, 0.25) is 0 Å². The number of hydrogen-bond acceptors (Lipinski definition) is 4. The summed E-state index contributed by atoms with van der Waals surface area (Å²) in [7, 11) is 3.15. The first kappa shape index (κ1) is 18.6. The second-order valence-corrected chi connectivity index (χ2v) is 5.32. The molecule has 2 amide bonds. The van der Waals surface area contributed by atoms with Crippen LogP contribution in [0.25, 0.3) is 0 Å². The van der Waals surface area contributed by atoms with Crippen LogP contribution in [0, 0.1) is 5.92 Å². The highest BCUT2D eigenvalue weighted by Gasteiger charge is 2.12. The first-order valence-electron chi connectivity index (χ1n) is 7.40. The normalized spacial score (nSPS) is 11.4. The second-order valence-electron chi connectivity index (χ2n) is 5.32. The molecule has 1 atom stereocenters. The van der Waals surface area contributed by atoms with E-state index in [0.29, 0.717) is 24.7 Å². The number of rotatable bonds is 9. The van der Waals surface area contributed by atoms with Crippen molar-refractivity contribution in [3.8, 4) is 11.5 Å². The van der Waals surface area contributed by atoms with Crippen LogP contribution in [0.5, 0.6) is 11.5 Å². The van der Waals surface area contributed by atoms with Gasteiger partial charge in [-0.05, 0) is 12.1 Å². The topological polar surface area (TPSA) is 88.1 Å². The minimum absolute atomic E-state index is 0.0730. The molecule has 0 saturated carbocycles. The molecule has 0 aromatic heterocycles. The van der Waals surface area contributed by atoms with E-state index in [4.69, 9.17) is 14.6 Å². The fourth-order valence-electron chi connectivity index (χ4n) is 1.79. The summed E-state index contributed by atoms with van der Waals surface area (Å²) in [5, 5.41) is 11.4. The van der Waals surface area contributed by atoms with Crippen LogP contribution in [0.2, 0.25) is 0 Å². The quantitative estimate of drug-likeness (QED) is 0.723. The number of hydrogen-bond donors (Lipinski definition) is 2. The zero-order valence-corrected chi connectivity index (χ0v) is 13.7. The maximum Gasteiger partial charge on any atom is 0.317 e. The van der Waals surface area contributed by atoms with Gasteiger partial charge in [-0.1, -0.05) is 19.1 Å². The monoisotopic (exact) mass is 324 g/mol. The molecule has 0 saturated heterocycles. The number of carbonyl (C=O) groups is 2. The van der Waals surface area contributed by atoms with Crippen LogP contribution in [-0.4, -0.2) is 55.9 Å². The smallest absolute Gasteiger partial charge is 0.317 e. The number of ether oxygens (including phenoxy) is 2. The molecule has 23 heavy (non-hydrogen) atoms. The molecule has 0 spiro atoms. The predicted molar refractivity (Wildman–Crippen MR) is 85.9 cm³/mol. The molecule has 7 nitrogen and oxygen atoms in total. The van der Waals surface area contributed by atoms with Crippen LogP contribution < -0.4 is 14.8 Å². The van der Waals surface area contributed by atoms with Gasteiger partial charge in [-0.25, -0.2) is 4.79 Å². The highest BCUT2D eigenvalue weighted by Crippen LogP contribution is 2.26. The highest BCUT2D eigenvalue weighted by atomic mass is 16.5. The number of amides is 2.